The van der Waals surface area contributed by atoms with Gasteiger partial charge in [-0.1, -0.05) is 13.8 Å². The number of nitrogens with one attached hydrogen (secondary N) is 4. The Morgan fingerprint density at radius 1 is 0.771 bits per heavy atom. The minimum Gasteiger partial charge on any atom is -0.444 e. The standard InChI is InChI=1S/C30H41N5O5S2.C20H25N5OS2/c1-9-18(2)35(28(38)40-30(6,7)8)15-12-23(36)33-26-24(25-32-20-16-31-13-10-21(20)41-25)19-11-14-34(17-22(19)42-26)27(37)39-29(3,4)5;1-3-12(2)23-9-6-17(26)25-20-18(13-4-7-22-11-16(13)28-20)19-24-14-10-21-8-5-15(14)27-19/h10,13,16,18H,9,11-12,14-15,17H2,1-8H3,(H,33,36);5,8,10,12,22-23H,3-4,6-7,9,11H2,1-2H3,(H,25,26). The lowest BCUT2D eigenvalue weighted by Crippen LogP contribution is -2.43. The fourth-order valence-corrected chi connectivity index (χ4v) is 12.5. The Labute approximate surface area is 426 Å². The maximum Gasteiger partial charge on any atom is 0.410 e. The summed E-state index contributed by atoms with van der Waals surface area (Å²) >= 11 is 6.35. The molecule has 0 spiro atoms. The zero-order valence-electron chi connectivity index (χ0n) is 41.9. The predicted octanol–water partition coefficient (Wildman–Crippen LogP) is 10.9. The molecule has 2 aliphatic heterocycles. The molecule has 4 amide bonds. The van der Waals surface area contributed by atoms with Gasteiger partial charge in [0.2, 0.25) is 11.8 Å². The number of nitrogens with zero attached hydrogens (tertiary/aromatic N) is 6. The van der Waals surface area contributed by atoms with E-state index in [-0.39, 0.29) is 36.9 Å². The maximum atomic E-state index is 13.3. The summed E-state index contributed by atoms with van der Waals surface area (Å²) in [7, 11) is 0. The van der Waals surface area contributed by atoms with Crippen LogP contribution in [-0.2, 0) is 45.0 Å². The van der Waals surface area contributed by atoms with E-state index in [9.17, 15) is 19.2 Å². The van der Waals surface area contributed by atoms with Crippen molar-refractivity contribution >= 4 is 99.8 Å². The lowest BCUT2D eigenvalue weighted by Gasteiger charge is -2.31. The maximum absolute atomic E-state index is 13.3. The van der Waals surface area contributed by atoms with Crippen molar-refractivity contribution in [2.45, 2.75) is 144 Å². The molecule has 376 valence electrons. The summed E-state index contributed by atoms with van der Waals surface area (Å²) in [5.41, 5.74) is 4.88. The van der Waals surface area contributed by atoms with Gasteiger partial charge in [-0.15, -0.1) is 45.3 Å². The van der Waals surface area contributed by atoms with Gasteiger partial charge in [-0.2, -0.15) is 0 Å². The van der Waals surface area contributed by atoms with Gasteiger partial charge in [-0.25, -0.2) is 19.6 Å². The molecule has 0 saturated carbocycles. The Balaban J connectivity index is 0.000000223. The van der Waals surface area contributed by atoms with Crippen molar-refractivity contribution in [1.82, 2.24) is 40.4 Å². The van der Waals surface area contributed by atoms with Gasteiger partial charge in [-0.3, -0.25) is 19.6 Å². The van der Waals surface area contributed by atoms with Crippen LogP contribution >= 0.6 is 45.3 Å². The lowest BCUT2D eigenvalue weighted by atomic mass is 10.0. The molecule has 0 aromatic carbocycles. The molecule has 2 unspecified atom stereocenters. The quantitative estimate of drug-likeness (QED) is 0.0808. The third-order valence-electron chi connectivity index (χ3n) is 11.7. The van der Waals surface area contributed by atoms with Gasteiger partial charge < -0.3 is 40.5 Å². The number of fused-ring (bicyclic) bond motifs is 4. The van der Waals surface area contributed by atoms with Gasteiger partial charge in [0.1, 0.15) is 42.3 Å². The molecule has 6 aromatic heterocycles. The smallest absolute Gasteiger partial charge is 0.410 e. The summed E-state index contributed by atoms with van der Waals surface area (Å²) in [6, 6.07) is 4.28. The van der Waals surface area contributed by atoms with Crippen molar-refractivity contribution in [3.05, 3.63) is 57.8 Å². The first-order chi connectivity index (χ1) is 33.3. The molecule has 8 heterocycles. The summed E-state index contributed by atoms with van der Waals surface area (Å²) < 4.78 is 13.3. The van der Waals surface area contributed by atoms with E-state index < -0.39 is 17.3 Å². The van der Waals surface area contributed by atoms with Crippen LogP contribution in [0.15, 0.2) is 36.9 Å². The van der Waals surface area contributed by atoms with Crippen LogP contribution in [0.2, 0.25) is 0 Å². The molecule has 0 radical (unpaired) electrons. The topological polar surface area (TPSA) is 193 Å². The molecule has 70 heavy (non-hydrogen) atoms. The van der Waals surface area contributed by atoms with Crippen LogP contribution in [-0.4, -0.2) is 103 Å². The first-order valence-electron chi connectivity index (χ1n) is 24.0. The number of anilines is 2. The normalized spacial score (nSPS) is 14.5. The molecular formula is C50H66N10O6S4. The molecule has 0 bridgehead atoms. The van der Waals surface area contributed by atoms with Gasteiger partial charge in [0, 0.05) is 84.4 Å². The van der Waals surface area contributed by atoms with Crippen molar-refractivity contribution < 1.29 is 28.7 Å². The molecule has 0 saturated heterocycles. The summed E-state index contributed by atoms with van der Waals surface area (Å²) in [4.78, 5) is 75.2. The van der Waals surface area contributed by atoms with Crippen molar-refractivity contribution in [2.24, 2.45) is 0 Å². The van der Waals surface area contributed by atoms with Crippen LogP contribution in [0.1, 0.15) is 116 Å². The third kappa shape index (κ3) is 13.4. The van der Waals surface area contributed by atoms with Crippen LogP contribution in [0.4, 0.5) is 19.6 Å². The average Bonchev–Trinajstić information content (AvgIpc) is 4.09. The van der Waals surface area contributed by atoms with E-state index in [1.807, 2.05) is 67.5 Å². The number of hydrogen-bond donors (Lipinski definition) is 4. The largest absolute Gasteiger partial charge is 0.444 e. The second-order valence-electron chi connectivity index (χ2n) is 19.5. The SMILES string of the molecule is CCC(C)N(CCC(=O)Nc1sc2c(c1-c1nc3cnccc3s1)CCN(C(=O)OC(C)(C)C)C2)C(=O)OC(C)(C)C.CCC(C)NCCC(=O)Nc1sc2c(c1-c1nc3cnccc3s1)CCNC2. The molecule has 2 aliphatic rings. The van der Waals surface area contributed by atoms with Gasteiger partial charge >= 0.3 is 12.2 Å². The Morgan fingerprint density at radius 3 is 1.90 bits per heavy atom. The van der Waals surface area contributed by atoms with Crippen molar-refractivity contribution in [1.29, 1.82) is 0 Å². The highest BCUT2D eigenvalue weighted by Gasteiger charge is 2.33. The molecule has 4 N–H and O–H groups in total. The fraction of sp³-hybridized carbons (Fsp3) is 0.520. The summed E-state index contributed by atoms with van der Waals surface area (Å²) in [6.45, 7) is 22.9. The second kappa shape index (κ2) is 23.0. The molecular weight excluding hydrogens is 965 g/mol. The van der Waals surface area contributed by atoms with Gasteiger partial charge in [0.15, 0.2) is 0 Å². The minimum absolute atomic E-state index is 0.0476. The summed E-state index contributed by atoms with van der Waals surface area (Å²) in [6.07, 6.45) is 10.2. The van der Waals surface area contributed by atoms with Gasteiger partial charge in [0.05, 0.1) is 28.3 Å². The molecule has 0 aliphatic carbocycles. The number of rotatable bonds is 14. The van der Waals surface area contributed by atoms with E-state index in [4.69, 9.17) is 19.4 Å². The van der Waals surface area contributed by atoms with E-state index in [0.717, 1.165) is 89.4 Å². The number of carbonyl (C=O) groups excluding carboxylic acids is 4. The number of thiazole rings is 2. The predicted molar refractivity (Wildman–Crippen MR) is 284 cm³/mol. The number of amides is 4. The first-order valence-corrected chi connectivity index (χ1v) is 27.3. The number of pyridine rings is 2. The average molecular weight is 1030 g/mol. The van der Waals surface area contributed by atoms with Crippen LogP contribution in [0.5, 0.6) is 0 Å². The van der Waals surface area contributed by atoms with Crippen molar-refractivity contribution in [2.75, 3.05) is 36.8 Å². The second-order valence-corrected chi connectivity index (χ2v) is 23.8. The zero-order chi connectivity index (χ0) is 50.3. The zero-order valence-corrected chi connectivity index (χ0v) is 45.1. The van der Waals surface area contributed by atoms with Gasteiger partial charge in [-0.05, 0) is 111 Å². The van der Waals surface area contributed by atoms with Crippen LogP contribution < -0.4 is 21.3 Å². The molecule has 2 atom stereocenters. The van der Waals surface area contributed by atoms with E-state index in [0.29, 0.717) is 43.5 Å². The third-order valence-corrected chi connectivity index (χ3v) is 16.1. The van der Waals surface area contributed by atoms with E-state index in [1.165, 1.54) is 21.8 Å². The Kier molecular flexibility index (Phi) is 17.3. The van der Waals surface area contributed by atoms with E-state index >= 15 is 0 Å². The first kappa shape index (κ1) is 52.7. The molecule has 20 heteroatoms. The highest BCUT2D eigenvalue weighted by atomic mass is 32.1. The number of thiophene rings is 2. The lowest BCUT2D eigenvalue weighted by molar-refractivity contribution is -0.117. The van der Waals surface area contributed by atoms with E-state index in [1.54, 1.807) is 68.6 Å². The fourth-order valence-electron chi connectivity index (χ4n) is 7.83. The Bertz CT molecular complexity index is 2740. The van der Waals surface area contributed by atoms with Crippen molar-refractivity contribution in [3.63, 3.8) is 0 Å². The Morgan fingerprint density at radius 2 is 1.34 bits per heavy atom. The molecule has 0 fully saturated rings. The van der Waals surface area contributed by atoms with Crippen LogP contribution in [0.3, 0.4) is 0 Å². The molecule has 6 aromatic rings. The highest BCUT2D eigenvalue weighted by Crippen LogP contribution is 2.47. The number of ether oxygens (including phenoxy) is 2. The Hall–Kier alpha value is -5.12. The van der Waals surface area contributed by atoms with Gasteiger partial charge in [0.25, 0.3) is 0 Å². The summed E-state index contributed by atoms with van der Waals surface area (Å²) in [5, 5.41) is 16.5. The van der Waals surface area contributed by atoms with Crippen LogP contribution in [0.25, 0.3) is 41.6 Å². The van der Waals surface area contributed by atoms with Crippen molar-refractivity contribution in [3.8, 4) is 21.1 Å². The number of aromatic nitrogens is 4. The summed E-state index contributed by atoms with van der Waals surface area (Å²) in [5.74, 6) is -0.162. The molecule has 8 rings (SSSR count). The number of carbonyl (C=O) groups is 4. The van der Waals surface area contributed by atoms with Crippen LogP contribution in [0, 0.1) is 0 Å². The van der Waals surface area contributed by atoms with E-state index in [2.05, 4.69) is 45.1 Å². The monoisotopic (exact) mass is 1030 g/mol. The molecule has 16 nitrogen and oxygen atoms in total. The minimum atomic E-state index is -0.629. The number of hydrogen-bond acceptors (Lipinski definition) is 16. The highest BCUT2D eigenvalue weighted by molar-refractivity contribution is 7.23.